The molecule has 25 heavy (non-hydrogen) atoms. The van der Waals surface area contributed by atoms with Gasteiger partial charge < -0.3 is 15.6 Å². The summed E-state index contributed by atoms with van der Waals surface area (Å²) < 4.78 is 32.9. The summed E-state index contributed by atoms with van der Waals surface area (Å²) in [4.78, 5) is 11.8. The lowest BCUT2D eigenvalue weighted by Crippen LogP contribution is -2.54. The Morgan fingerprint density at radius 3 is 2.64 bits per heavy atom. The summed E-state index contributed by atoms with van der Waals surface area (Å²) in [6, 6.07) is 10.9. The molecular formula is C17H20N2O5S. The van der Waals surface area contributed by atoms with Crippen LogP contribution in [0.25, 0.3) is 10.8 Å². The van der Waals surface area contributed by atoms with E-state index in [1.54, 1.807) is 6.07 Å². The Bertz CT molecular complexity index is 883. The Morgan fingerprint density at radius 2 is 1.96 bits per heavy atom. The number of benzene rings is 2. The molecule has 3 unspecified atom stereocenters. The van der Waals surface area contributed by atoms with E-state index in [9.17, 15) is 18.3 Å². The van der Waals surface area contributed by atoms with Crippen LogP contribution in [0.1, 0.15) is 6.42 Å². The number of aliphatic hydroxyl groups excluding tert-OH is 1. The van der Waals surface area contributed by atoms with Crippen molar-refractivity contribution in [1.82, 2.24) is 4.72 Å². The highest BCUT2D eigenvalue weighted by atomic mass is 32.2. The molecule has 3 atom stereocenters. The van der Waals surface area contributed by atoms with Crippen LogP contribution in [0.15, 0.2) is 47.4 Å². The molecule has 1 aliphatic heterocycles. The number of amides is 1. The molecule has 2 aromatic carbocycles. The van der Waals surface area contributed by atoms with Crippen molar-refractivity contribution in [2.45, 2.75) is 23.5 Å². The summed E-state index contributed by atoms with van der Waals surface area (Å²) in [6.07, 6.45) is -0.611. The van der Waals surface area contributed by atoms with Gasteiger partial charge in [0.2, 0.25) is 15.9 Å². The van der Waals surface area contributed by atoms with E-state index < -0.39 is 34.0 Å². The highest BCUT2D eigenvalue weighted by Gasteiger charge is 2.37. The van der Waals surface area contributed by atoms with Crippen LogP contribution in [-0.2, 0) is 19.6 Å². The fraction of sp³-hybridized carbons (Fsp3) is 0.353. The lowest BCUT2D eigenvalue weighted by atomic mass is 9.89. The van der Waals surface area contributed by atoms with Crippen molar-refractivity contribution >= 4 is 26.7 Å². The number of nitrogens with one attached hydrogen (secondary N) is 1. The van der Waals surface area contributed by atoms with Gasteiger partial charge in [-0.15, -0.1) is 0 Å². The number of hydrogen-bond acceptors (Lipinski definition) is 5. The molecule has 0 spiro atoms. The fourth-order valence-corrected chi connectivity index (χ4v) is 4.35. The molecule has 0 saturated carbocycles. The number of aliphatic hydroxyl groups is 1. The predicted molar refractivity (Wildman–Crippen MR) is 92.2 cm³/mol. The van der Waals surface area contributed by atoms with E-state index in [0.717, 1.165) is 10.8 Å². The molecule has 1 aliphatic rings. The first-order chi connectivity index (χ1) is 11.9. The summed E-state index contributed by atoms with van der Waals surface area (Å²) >= 11 is 0. The lowest BCUT2D eigenvalue weighted by Gasteiger charge is -2.32. The molecule has 134 valence electrons. The van der Waals surface area contributed by atoms with E-state index in [-0.39, 0.29) is 11.5 Å². The predicted octanol–water partition coefficient (Wildman–Crippen LogP) is 0.369. The quantitative estimate of drug-likeness (QED) is 0.708. The average Bonchev–Trinajstić information content (AvgIpc) is 2.60. The number of fused-ring (bicyclic) bond motifs is 1. The number of primary amides is 1. The molecule has 1 fully saturated rings. The van der Waals surface area contributed by atoms with Crippen LogP contribution in [0.2, 0.25) is 0 Å². The maximum absolute atomic E-state index is 12.7. The minimum absolute atomic E-state index is 0.0407. The molecule has 4 N–H and O–H groups in total. The average molecular weight is 364 g/mol. The first-order valence-corrected chi connectivity index (χ1v) is 9.43. The van der Waals surface area contributed by atoms with Gasteiger partial charge in [0.05, 0.1) is 17.6 Å². The van der Waals surface area contributed by atoms with E-state index in [0.29, 0.717) is 13.0 Å². The highest BCUT2D eigenvalue weighted by Crippen LogP contribution is 2.23. The van der Waals surface area contributed by atoms with Crippen LogP contribution in [0, 0.1) is 5.92 Å². The SMILES string of the molecule is NC(=O)C(NS(=O)(=O)c1ccc2ccccc2c1)C1CCOCC1O. The summed E-state index contributed by atoms with van der Waals surface area (Å²) in [5, 5.41) is 11.7. The van der Waals surface area contributed by atoms with Crippen molar-refractivity contribution in [2.75, 3.05) is 13.2 Å². The Hall–Kier alpha value is -2.00. The van der Waals surface area contributed by atoms with Gasteiger partial charge in [-0.2, -0.15) is 4.72 Å². The van der Waals surface area contributed by atoms with Crippen molar-refractivity contribution in [3.8, 4) is 0 Å². The lowest BCUT2D eigenvalue weighted by molar-refractivity contribution is -0.125. The summed E-state index contributed by atoms with van der Waals surface area (Å²) in [6.45, 7) is 0.384. The molecule has 1 heterocycles. The summed E-state index contributed by atoms with van der Waals surface area (Å²) in [7, 11) is -3.97. The van der Waals surface area contributed by atoms with Crippen molar-refractivity contribution in [3.05, 3.63) is 42.5 Å². The summed E-state index contributed by atoms with van der Waals surface area (Å²) in [5.74, 6) is -1.45. The smallest absolute Gasteiger partial charge is 0.241 e. The van der Waals surface area contributed by atoms with Gasteiger partial charge in [-0.3, -0.25) is 4.79 Å². The molecule has 0 aliphatic carbocycles. The van der Waals surface area contributed by atoms with Crippen molar-refractivity contribution in [3.63, 3.8) is 0 Å². The third-order valence-corrected chi connectivity index (χ3v) is 5.87. The van der Waals surface area contributed by atoms with Crippen LogP contribution >= 0.6 is 0 Å². The largest absolute Gasteiger partial charge is 0.390 e. The molecule has 7 nitrogen and oxygen atoms in total. The van der Waals surface area contributed by atoms with Crippen molar-refractivity contribution in [2.24, 2.45) is 11.7 Å². The normalized spacial score (nSPS) is 22.6. The third kappa shape index (κ3) is 3.82. The van der Waals surface area contributed by atoms with Crippen molar-refractivity contribution < 1.29 is 23.1 Å². The number of carbonyl (C=O) groups excluding carboxylic acids is 1. The van der Waals surface area contributed by atoms with E-state index >= 15 is 0 Å². The molecule has 0 bridgehead atoms. The Kier molecular flexibility index (Phi) is 5.05. The maximum atomic E-state index is 12.7. The summed E-state index contributed by atoms with van der Waals surface area (Å²) in [5.41, 5.74) is 5.39. The van der Waals surface area contributed by atoms with E-state index in [2.05, 4.69) is 4.72 Å². The zero-order valence-electron chi connectivity index (χ0n) is 13.5. The molecule has 0 aromatic heterocycles. The van der Waals surface area contributed by atoms with Gasteiger partial charge in [-0.05, 0) is 29.3 Å². The molecular weight excluding hydrogens is 344 g/mol. The van der Waals surface area contributed by atoms with E-state index in [1.807, 2.05) is 24.3 Å². The minimum atomic E-state index is -3.97. The Morgan fingerprint density at radius 1 is 1.24 bits per heavy atom. The standard InChI is InChI=1S/C17H20N2O5S/c18-17(21)16(14-7-8-24-10-15(14)20)19-25(22,23)13-6-5-11-3-1-2-4-12(11)9-13/h1-6,9,14-16,19-20H,7-8,10H2,(H2,18,21). The molecule has 3 rings (SSSR count). The van der Waals surface area contributed by atoms with E-state index in [4.69, 9.17) is 10.5 Å². The number of sulfonamides is 1. The Balaban J connectivity index is 1.90. The number of rotatable bonds is 5. The number of ether oxygens (including phenoxy) is 1. The van der Waals surface area contributed by atoms with Gasteiger partial charge in [0.25, 0.3) is 0 Å². The topological polar surface area (TPSA) is 119 Å². The van der Waals surface area contributed by atoms with Gasteiger partial charge in [0.1, 0.15) is 6.04 Å². The monoisotopic (exact) mass is 364 g/mol. The zero-order valence-corrected chi connectivity index (χ0v) is 14.3. The minimum Gasteiger partial charge on any atom is -0.390 e. The second-order valence-corrected chi connectivity index (χ2v) is 7.82. The number of nitrogens with two attached hydrogens (primary N) is 1. The Labute approximate surface area is 145 Å². The van der Waals surface area contributed by atoms with Crippen LogP contribution in [0.4, 0.5) is 0 Å². The van der Waals surface area contributed by atoms with Gasteiger partial charge >= 0.3 is 0 Å². The second-order valence-electron chi connectivity index (χ2n) is 6.11. The van der Waals surface area contributed by atoms with Crippen LogP contribution in [0.3, 0.4) is 0 Å². The van der Waals surface area contributed by atoms with Crippen LogP contribution in [-0.4, -0.2) is 44.8 Å². The van der Waals surface area contributed by atoms with E-state index in [1.165, 1.54) is 12.1 Å². The molecule has 2 aromatic rings. The number of carbonyl (C=O) groups is 1. The fourth-order valence-electron chi connectivity index (χ4n) is 3.05. The van der Waals surface area contributed by atoms with Crippen molar-refractivity contribution in [1.29, 1.82) is 0 Å². The number of hydrogen-bond donors (Lipinski definition) is 3. The second kappa shape index (κ2) is 7.09. The maximum Gasteiger partial charge on any atom is 0.241 e. The third-order valence-electron chi connectivity index (χ3n) is 4.43. The van der Waals surface area contributed by atoms with Crippen LogP contribution in [0.5, 0.6) is 0 Å². The molecule has 1 saturated heterocycles. The first kappa shape index (κ1) is 17.8. The zero-order chi connectivity index (χ0) is 18.0. The molecule has 8 heteroatoms. The van der Waals surface area contributed by atoms with Crippen LogP contribution < -0.4 is 10.5 Å². The molecule has 1 amide bonds. The molecule has 0 radical (unpaired) electrons. The first-order valence-electron chi connectivity index (χ1n) is 7.95. The van der Waals surface area contributed by atoms with Gasteiger partial charge in [-0.25, -0.2) is 8.42 Å². The highest BCUT2D eigenvalue weighted by molar-refractivity contribution is 7.89. The van der Waals surface area contributed by atoms with Gasteiger partial charge in [0, 0.05) is 12.5 Å². The van der Waals surface area contributed by atoms with Gasteiger partial charge in [0.15, 0.2) is 0 Å². The van der Waals surface area contributed by atoms with Gasteiger partial charge in [-0.1, -0.05) is 30.3 Å².